The van der Waals surface area contributed by atoms with E-state index in [4.69, 9.17) is 23.2 Å². The minimum atomic E-state index is -0.167. The molecule has 96 valence electrons. The van der Waals surface area contributed by atoms with Crippen molar-refractivity contribution in [1.82, 2.24) is 9.97 Å². The van der Waals surface area contributed by atoms with Crippen LogP contribution in [0.25, 0.3) is 11.0 Å². The number of nitrogens with one attached hydrogen (secondary N) is 1. The van der Waals surface area contributed by atoms with Gasteiger partial charge < -0.3 is 4.98 Å². The van der Waals surface area contributed by atoms with E-state index in [0.29, 0.717) is 25.4 Å². The Labute approximate surface area is 130 Å². The van der Waals surface area contributed by atoms with Crippen molar-refractivity contribution in [3.63, 3.8) is 0 Å². The Morgan fingerprint density at radius 1 is 1.32 bits per heavy atom. The zero-order valence-electron chi connectivity index (χ0n) is 9.21. The van der Waals surface area contributed by atoms with E-state index < -0.39 is 0 Å². The molecule has 0 fully saturated rings. The summed E-state index contributed by atoms with van der Waals surface area (Å²) in [6, 6.07) is 3.43. The number of ketones is 1. The van der Waals surface area contributed by atoms with Crippen molar-refractivity contribution < 1.29 is 4.79 Å². The molecule has 0 unspecified atom stereocenters. The normalized spacial score (nSPS) is 11.1. The highest BCUT2D eigenvalue weighted by atomic mass is 79.9. The summed E-state index contributed by atoms with van der Waals surface area (Å²) in [5.41, 5.74) is 1.60. The van der Waals surface area contributed by atoms with Gasteiger partial charge in [-0.2, -0.15) is 0 Å². The molecule has 0 aliphatic rings. The largest absolute Gasteiger partial charge is 0.345 e. The number of halogens is 3. The van der Waals surface area contributed by atoms with E-state index in [1.54, 1.807) is 18.5 Å². The average Bonchev–Trinajstić information content (AvgIpc) is 2.91. The second-order valence-corrected chi connectivity index (χ2v) is 7.02. The molecule has 0 aromatic carbocycles. The maximum atomic E-state index is 12.5. The monoisotopic (exact) mass is 374 g/mol. The molecule has 3 rings (SSSR count). The number of aromatic nitrogens is 2. The summed E-state index contributed by atoms with van der Waals surface area (Å²) in [7, 11) is 0. The molecule has 0 saturated heterocycles. The average molecular weight is 376 g/mol. The molecule has 0 bridgehead atoms. The highest BCUT2D eigenvalue weighted by molar-refractivity contribution is 9.10. The van der Waals surface area contributed by atoms with Crippen LogP contribution in [0.4, 0.5) is 0 Å². The summed E-state index contributed by atoms with van der Waals surface area (Å²) in [5, 5.41) is 0.748. The third-order valence-corrected chi connectivity index (χ3v) is 4.56. The fourth-order valence-corrected chi connectivity index (χ4v) is 3.60. The number of fused-ring (bicyclic) bond motifs is 1. The van der Waals surface area contributed by atoms with E-state index >= 15 is 0 Å². The number of H-pyrrole nitrogens is 1. The van der Waals surface area contributed by atoms with Gasteiger partial charge in [-0.25, -0.2) is 4.98 Å². The zero-order valence-corrected chi connectivity index (χ0v) is 13.1. The standard InChI is InChI=1S/C12H5BrCl2N2OS/c13-5-1-6-8(4-17-12(6)16-3-5)10(18)7-2-9(14)19-11(7)15/h1-4H,(H,16,17). The van der Waals surface area contributed by atoms with Crippen LogP contribution in [0.1, 0.15) is 15.9 Å². The number of thiophene rings is 1. The van der Waals surface area contributed by atoms with Gasteiger partial charge in [-0.05, 0) is 28.1 Å². The topological polar surface area (TPSA) is 45.8 Å². The minimum Gasteiger partial charge on any atom is -0.345 e. The summed E-state index contributed by atoms with van der Waals surface area (Å²) in [5.74, 6) is -0.167. The molecule has 0 atom stereocenters. The van der Waals surface area contributed by atoms with Gasteiger partial charge in [0.2, 0.25) is 0 Å². The van der Waals surface area contributed by atoms with Crippen LogP contribution in [0.3, 0.4) is 0 Å². The quantitative estimate of drug-likeness (QED) is 0.645. The lowest BCUT2D eigenvalue weighted by molar-refractivity contribution is 0.104. The van der Waals surface area contributed by atoms with Crippen molar-refractivity contribution in [1.29, 1.82) is 0 Å². The molecule has 0 aliphatic heterocycles. The SMILES string of the molecule is O=C(c1cc(Cl)sc1Cl)c1c[nH]c2ncc(Br)cc12. The van der Waals surface area contributed by atoms with Gasteiger partial charge in [0, 0.05) is 27.8 Å². The van der Waals surface area contributed by atoms with E-state index in [2.05, 4.69) is 25.9 Å². The molecule has 0 spiro atoms. The molecule has 0 aliphatic carbocycles. The molecule has 3 nitrogen and oxygen atoms in total. The molecule has 7 heteroatoms. The van der Waals surface area contributed by atoms with Gasteiger partial charge in [-0.1, -0.05) is 23.2 Å². The molecule has 0 amide bonds. The van der Waals surface area contributed by atoms with E-state index in [1.165, 1.54) is 11.3 Å². The Balaban J connectivity index is 2.16. The number of nitrogens with zero attached hydrogens (tertiary/aromatic N) is 1. The Morgan fingerprint density at radius 3 is 2.79 bits per heavy atom. The molecule has 3 heterocycles. The Hall–Kier alpha value is -0.880. The van der Waals surface area contributed by atoms with E-state index in [9.17, 15) is 4.79 Å². The summed E-state index contributed by atoms with van der Waals surface area (Å²) in [6.45, 7) is 0. The van der Waals surface area contributed by atoms with Crippen molar-refractivity contribution in [2.45, 2.75) is 0 Å². The number of aromatic amines is 1. The fourth-order valence-electron chi connectivity index (χ4n) is 1.81. The first-order valence-electron chi connectivity index (χ1n) is 5.18. The number of carbonyl (C=O) groups excluding carboxylic acids is 1. The number of pyridine rings is 1. The van der Waals surface area contributed by atoms with Crippen LogP contribution in [0, 0.1) is 0 Å². The maximum Gasteiger partial charge on any atom is 0.197 e. The van der Waals surface area contributed by atoms with Crippen LogP contribution in [-0.2, 0) is 0 Å². The lowest BCUT2D eigenvalue weighted by Crippen LogP contribution is -1.99. The predicted octanol–water partition coefficient (Wildman–Crippen LogP) is 4.92. The Bertz CT molecular complexity index is 796. The minimum absolute atomic E-state index is 0.167. The van der Waals surface area contributed by atoms with Crippen LogP contribution in [0.15, 0.2) is 29.0 Å². The molecule has 3 aromatic rings. The van der Waals surface area contributed by atoms with Gasteiger partial charge in [0.15, 0.2) is 5.78 Å². The predicted molar refractivity (Wildman–Crippen MR) is 81.6 cm³/mol. The highest BCUT2D eigenvalue weighted by Crippen LogP contribution is 2.33. The highest BCUT2D eigenvalue weighted by Gasteiger charge is 2.19. The second-order valence-electron chi connectivity index (χ2n) is 3.82. The molecule has 1 N–H and O–H groups in total. The lowest BCUT2D eigenvalue weighted by atomic mass is 10.1. The molecule has 0 radical (unpaired) electrons. The van der Waals surface area contributed by atoms with Crippen LogP contribution < -0.4 is 0 Å². The Kier molecular flexibility index (Phi) is 3.39. The Morgan fingerprint density at radius 2 is 2.11 bits per heavy atom. The number of hydrogen-bond donors (Lipinski definition) is 1. The summed E-state index contributed by atoms with van der Waals surface area (Å²) < 4.78 is 1.70. The van der Waals surface area contributed by atoms with Crippen molar-refractivity contribution in [2.75, 3.05) is 0 Å². The fraction of sp³-hybridized carbons (Fsp3) is 0. The van der Waals surface area contributed by atoms with Gasteiger partial charge >= 0.3 is 0 Å². The zero-order chi connectivity index (χ0) is 13.6. The number of carbonyl (C=O) groups is 1. The smallest absolute Gasteiger partial charge is 0.197 e. The van der Waals surface area contributed by atoms with E-state index in [-0.39, 0.29) is 5.78 Å². The summed E-state index contributed by atoms with van der Waals surface area (Å²) in [4.78, 5) is 19.6. The third kappa shape index (κ3) is 2.31. The molecule has 19 heavy (non-hydrogen) atoms. The van der Waals surface area contributed by atoms with Crippen molar-refractivity contribution >= 4 is 67.3 Å². The van der Waals surface area contributed by atoms with Gasteiger partial charge in [0.05, 0.1) is 9.90 Å². The maximum absolute atomic E-state index is 12.5. The van der Waals surface area contributed by atoms with Gasteiger partial charge in [-0.15, -0.1) is 11.3 Å². The first-order chi connectivity index (χ1) is 9.06. The summed E-state index contributed by atoms with van der Waals surface area (Å²) >= 11 is 16.4. The van der Waals surface area contributed by atoms with Gasteiger partial charge in [-0.3, -0.25) is 4.79 Å². The molecular formula is C12H5BrCl2N2OS. The lowest BCUT2D eigenvalue weighted by Gasteiger charge is -1.98. The van der Waals surface area contributed by atoms with Crippen LogP contribution in [0.2, 0.25) is 8.67 Å². The number of hydrogen-bond acceptors (Lipinski definition) is 3. The van der Waals surface area contributed by atoms with E-state index in [1.807, 2.05) is 6.07 Å². The van der Waals surface area contributed by atoms with Gasteiger partial charge in [0.1, 0.15) is 9.98 Å². The van der Waals surface area contributed by atoms with Crippen LogP contribution >= 0.6 is 50.5 Å². The van der Waals surface area contributed by atoms with Gasteiger partial charge in [0.25, 0.3) is 0 Å². The van der Waals surface area contributed by atoms with Crippen LogP contribution in [-0.4, -0.2) is 15.8 Å². The van der Waals surface area contributed by atoms with Crippen LogP contribution in [0.5, 0.6) is 0 Å². The van der Waals surface area contributed by atoms with Crippen molar-refractivity contribution in [2.24, 2.45) is 0 Å². The molecule has 0 saturated carbocycles. The second kappa shape index (κ2) is 4.90. The van der Waals surface area contributed by atoms with Crippen molar-refractivity contribution in [3.8, 4) is 0 Å². The summed E-state index contributed by atoms with van der Waals surface area (Å²) in [6.07, 6.45) is 3.30. The first kappa shape index (κ1) is 13.1. The first-order valence-corrected chi connectivity index (χ1v) is 7.55. The third-order valence-electron chi connectivity index (χ3n) is 2.64. The van der Waals surface area contributed by atoms with E-state index in [0.717, 1.165) is 9.86 Å². The van der Waals surface area contributed by atoms with Crippen molar-refractivity contribution in [3.05, 3.63) is 48.8 Å². The number of rotatable bonds is 2. The molecule has 3 aromatic heterocycles. The molecular weight excluding hydrogens is 371 g/mol.